The van der Waals surface area contributed by atoms with Crippen molar-refractivity contribution in [3.05, 3.63) is 48.0 Å². The van der Waals surface area contributed by atoms with Crippen molar-refractivity contribution < 1.29 is 24.3 Å². The van der Waals surface area contributed by atoms with Crippen LogP contribution >= 0.6 is 0 Å². The number of carbonyl (C=O) groups excluding carboxylic acids is 1. The predicted octanol–water partition coefficient (Wildman–Crippen LogP) is 2.97. The second kappa shape index (κ2) is 8.18. The summed E-state index contributed by atoms with van der Waals surface area (Å²) in [6.07, 6.45) is 3.72. The average molecular weight is 368 g/mol. The SMILES string of the molecule is O=C(NC1CCCCC1)OCc1c([N+](=O)[O-])cc([N+](=O)[O-])cc1[N+](=O)[O-]. The second-order valence-corrected chi connectivity index (χ2v) is 5.79. The van der Waals surface area contributed by atoms with Gasteiger partial charge in [0.15, 0.2) is 0 Å². The molecule has 0 heterocycles. The molecule has 0 unspecified atom stereocenters. The zero-order chi connectivity index (χ0) is 19.3. The van der Waals surface area contributed by atoms with Crippen LogP contribution in [-0.2, 0) is 11.3 Å². The molecule has 0 aromatic heterocycles. The fourth-order valence-electron chi connectivity index (χ4n) is 2.80. The molecule has 12 nitrogen and oxygen atoms in total. The molecule has 12 heteroatoms. The van der Waals surface area contributed by atoms with Gasteiger partial charge in [-0.3, -0.25) is 30.3 Å². The van der Waals surface area contributed by atoms with Crippen molar-refractivity contribution in [2.45, 2.75) is 44.8 Å². The molecular formula is C14H16N4O8. The van der Waals surface area contributed by atoms with Crippen LogP contribution in [0.4, 0.5) is 21.9 Å². The summed E-state index contributed by atoms with van der Waals surface area (Å²) in [4.78, 5) is 42.0. The summed E-state index contributed by atoms with van der Waals surface area (Å²) in [5.74, 6) is 0. The molecule has 0 atom stereocenters. The predicted molar refractivity (Wildman–Crippen MR) is 86.6 cm³/mol. The number of nitro groups is 3. The molecular weight excluding hydrogens is 352 g/mol. The number of carbonyl (C=O) groups is 1. The average Bonchev–Trinajstić information content (AvgIpc) is 2.59. The van der Waals surface area contributed by atoms with Crippen molar-refractivity contribution >= 4 is 23.2 Å². The smallest absolute Gasteiger partial charge is 0.407 e. The number of nitrogens with one attached hydrogen (secondary N) is 1. The number of nitrogens with zero attached hydrogens (tertiary/aromatic N) is 3. The lowest BCUT2D eigenvalue weighted by molar-refractivity contribution is -0.404. The molecule has 1 aliphatic rings. The molecule has 1 aliphatic carbocycles. The van der Waals surface area contributed by atoms with Crippen LogP contribution < -0.4 is 5.32 Å². The van der Waals surface area contributed by atoms with Crippen molar-refractivity contribution in [1.29, 1.82) is 0 Å². The number of ether oxygens (including phenoxy) is 1. The number of alkyl carbamates (subject to hydrolysis) is 1. The van der Waals surface area contributed by atoms with E-state index in [0.29, 0.717) is 12.1 Å². The Morgan fingerprint density at radius 3 is 2.00 bits per heavy atom. The van der Waals surface area contributed by atoms with Gasteiger partial charge in [0.1, 0.15) is 12.2 Å². The molecule has 1 amide bonds. The van der Waals surface area contributed by atoms with Crippen LogP contribution in [0.1, 0.15) is 37.7 Å². The van der Waals surface area contributed by atoms with Crippen LogP contribution in [0.2, 0.25) is 0 Å². The van der Waals surface area contributed by atoms with Gasteiger partial charge in [0.2, 0.25) is 0 Å². The van der Waals surface area contributed by atoms with Crippen molar-refractivity contribution in [1.82, 2.24) is 5.32 Å². The summed E-state index contributed by atoms with van der Waals surface area (Å²) < 4.78 is 4.88. The largest absolute Gasteiger partial charge is 0.444 e. The van der Waals surface area contributed by atoms with Crippen LogP contribution in [0.5, 0.6) is 0 Å². The molecule has 0 aliphatic heterocycles. The monoisotopic (exact) mass is 368 g/mol. The van der Waals surface area contributed by atoms with Crippen LogP contribution in [0, 0.1) is 30.3 Å². The Labute approximate surface area is 146 Å². The molecule has 0 radical (unpaired) electrons. The molecule has 1 aromatic rings. The zero-order valence-corrected chi connectivity index (χ0v) is 13.6. The number of benzene rings is 1. The van der Waals surface area contributed by atoms with Crippen molar-refractivity contribution in [2.75, 3.05) is 0 Å². The van der Waals surface area contributed by atoms with Gasteiger partial charge in [0.25, 0.3) is 17.1 Å². The van der Waals surface area contributed by atoms with Crippen LogP contribution in [-0.4, -0.2) is 26.9 Å². The Balaban J connectivity index is 2.20. The topological polar surface area (TPSA) is 168 Å². The standard InChI is InChI=1S/C14H16N4O8/c19-14(15-9-4-2-1-3-5-9)26-8-11-12(17(22)23)6-10(16(20)21)7-13(11)18(24)25/h6-7,9H,1-5,8H2,(H,15,19). The minimum Gasteiger partial charge on any atom is -0.444 e. The quantitative estimate of drug-likeness (QED) is 0.590. The summed E-state index contributed by atoms with van der Waals surface area (Å²) in [6.45, 7) is -0.747. The summed E-state index contributed by atoms with van der Waals surface area (Å²) >= 11 is 0. The highest BCUT2D eigenvalue weighted by Crippen LogP contribution is 2.34. The summed E-state index contributed by atoms with van der Waals surface area (Å²) in [6, 6.07) is 1.13. The maximum atomic E-state index is 11.8. The molecule has 1 fully saturated rings. The van der Waals surface area contributed by atoms with Crippen LogP contribution in [0.15, 0.2) is 12.1 Å². The third-order valence-corrected chi connectivity index (χ3v) is 4.07. The van der Waals surface area contributed by atoms with E-state index in [1.54, 1.807) is 0 Å². The number of hydrogen-bond donors (Lipinski definition) is 1. The van der Waals surface area contributed by atoms with Gasteiger partial charge in [-0.05, 0) is 12.8 Å². The Bertz CT molecular complexity index is 709. The van der Waals surface area contributed by atoms with E-state index < -0.39 is 50.1 Å². The molecule has 0 spiro atoms. The van der Waals surface area contributed by atoms with Crippen LogP contribution in [0.25, 0.3) is 0 Å². The molecule has 0 bridgehead atoms. The third-order valence-electron chi connectivity index (χ3n) is 4.07. The first-order valence-electron chi connectivity index (χ1n) is 7.83. The molecule has 1 N–H and O–H groups in total. The first-order chi connectivity index (χ1) is 12.3. The van der Waals surface area contributed by atoms with E-state index in [1.165, 1.54) is 0 Å². The normalized spacial score (nSPS) is 14.5. The van der Waals surface area contributed by atoms with Gasteiger partial charge in [0, 0.05) is 6.04 Å². The lowest BCUT2D eigenvalue weighted by Gasteiger charge is -2.22. The van der Waals surface area contributed by atoms with Gasteiger partial charge in [-0.15, -0.1) is 0 Å². The fourth-order valence-corrected chi connectivity index (χ4v) is 2.80. The number of hydrogen-bond acceptors (Lipinski definition) is 8. The maximum absolute atomic E-state index is 11.8. The van der Waals surface area contributed by atoms with E-state index in [4.69, 9.17) is 4.74 Å². The first kappa shape index (κ1) is 19.0. The molecule has 1 saturated carbocycles. The Morgan fingerprint density at radius 2 is 1.54 bits per heavy atom. The van der Waals surface area contributed by atoms with Crippen molar-refractivity contribution in [2.24, 2.45) is 0 Å². The highest BCUT2D eigenvalue weighted by molar-refractivity contribution is 5.68. The molecule has 1 aromatic carbocycles. The van der Waals surface area contributed by atoms with E-state index in [2.05, 4.69) is 5.32 Å². The lowest BCUT2D eigenvalue weighted by Crippen LogP contribution is -2.36. The molecule has 0 saturated heterocycles. The van der Waals surface area contributed by atoms with E-state index in [0.717, 1.165) is 32.1 Å². The van der Waals surface area contributed by atoms with Gasteiger partial charge in [0.05, 0.1) is 26.9 Å². The molecule has 140 valence electrons. The van der Waals surface area contributed by atoms with Gasteiger partial charge in [-0.2, -0.15) is 0 Å². The van der Waals surface area contributed by atoms with Gasteiger partial charge < -0.3 is 10.1 Å². The third kappa shape index (κ3) is 4.62. The number of nitro benzene ring substituents is 3. The Hall–Kier alpha value is -3.31. The number of rotatable bonds is 6. The first-order valence-corrected chi connectivity index (χ1v) is 7.83. The van der Waals surface area contributed by atoms with Gasteiger partial charge in [-0.1, -0.05) is 19.3 Å². The van der Waals surface area contributed by atoms with Gasteiger partial charge >= 0.3 is 6.09 Å². The lowest BCUT2D eigenvalue weighted by atomic mass is 9.96. The highest BCUT2D eigenvalue weighted by atomic mass is 16.6. The van der Waals surface area contributed by atoms with Crippen LogP contribution in [0.3, 0.4) is 0 Å². The molecule has 26 heavy (non-hydrogen) atoms. The number of non-ortho nitro benzene ring substituents is 1. The second-order valence-electron chi connectivity index (χ2n) is 5.79. The Morgan fingerprint density at radius 1 is 1.00 bits per heavy atom. The minimum absolute atomic E-state index is 0.0712. The summed E-state index contributed by atoms with van der Waals surface area (Å²) in [7, 11) is 0. The minimum atomic E-state index is -0.988. The van der Waals surface area contributed by atoms with Gasteiger partial charge in [-0.25, -0.2) is 4.79 Å². The maximum Gasteiger partial charge on any atom is 0.407 e. The van der Waals surface area contributed by atoms with Crippen molar-refractivity contribution in [3.63, 3.8) is 0 Å². The number of amides is 1. The van der Waals surface area contributed by atoms with E-state index in [-0.39, 0.29) is 6.04 Å². The summed E-state index contributed by atoms with van der Waals surface area (Å²) in [5, 5.41) is 35.7. The van der Waals surface area contributed by atoms with Crippen molar-refractivity contribution in [3.8, 4) is 0 Å². The summed E-state index contributed by atoms with van der Waals surface area (Å²) in [5.41, 5.74) is -3.00. The fraction of sp³-hybridized carbons (Fsp3) is 0.500. The Kier molecular flexibility index (Phi) is 5.98. The van der Waals surface area contributed by atoms with E-state index in [1.807, 2.05) is 0 Å². The van der Waals surface area contributed by atoms with E-state index in [9.17, 15) is 35.1 Å². The van der Waals surface area contributed by atoms with E-state index >= 15 is 0 Å². The molecule has 2 rings (SSSR count). The zero-order valence-electron chi connectivity index (χ0n) is 13.6. The highest BCUT2D eigenvalue weighted by Gasteiger charge is 2.31.